The van der Waals surface area contributed by atoms with Gasteiger partial charge in [-0.2, -0.15) is 5.26 Å². The van der Waals surface area contributed by atoms with Crippen LogP contribution in [-0.2, 0) is 10.0 Å². The van der Waals surface area contributed by atoms with Crippen LogP contribution in [-0.4, -0.2) is 15.0 Å². The van der Waals surface area contributed by atoms with Crippen LogP contribution in [0.5, 0.6) is 0 Å². The first-order valence-corrected chi connectivity index (χ1v) is 6.79. The molecule has 0 radical (unpaired) electrons. The number of rotatable bonds is 4. The van der Waals surface area contributed by atoms with E-state index in [0.29, 0.717) is 5.02 Å². The minimum absolute atomic E-state index is 0.0539. The van der Waals surface area contributed by atoms with Gasteiger partial charge in [0.1, 0.15) is 0 Å². The highest BCUT2D eigenvalue weighted by atomic mass is 35.5. The van der Waals surface area contributed by atoms with E-state index in [0.717, 1.165) is 0 Å². The Hall–Kier alpha value is -1.09. The third-order valence-electron chi connectivity index (χ3n) is 2.11. The second-order valence-corrected chi connectivity index (χ2v) is 6.48. The number of hydrogen-bond donors (Lipinski definition) is 1. The molecule has 92 valence electrons. The lowest BCUT2D eigenvalue weighted by atomic mass is 9.97. The molecule has 0 aliphatic heterocycles. The Morgan fingerprint density at radius 1 is 1.47 bits per heavy atom. The van der Waals surface area contributed by atoms with Crippen molar-refractivity contribution in [2.75, 3.05) is 6.54 Å². The van der Waals surface area contributed by atoms with E-state index in [1.807, 2.05) is 6.07 Å². The fourth-order valence-corrected chi connectivity index (χ4v) is 2.54. The van der Waals surface area contributed by atoms with Crippen LogP contribution in [0.2, 0.25) is 5.02 Å². The fourth-order valence-electron chi connectivity index (χ4n) is 1.03. The van der Waals surface area contributed by atoms with Crippen molar-refractivity contribution >= 4 is 21.6 Å². The molecule has 0 fully saturated rings. The van der Waals surface area contributed by atoms with E-state index >= 15 is 0 Å². The molecule has 0 aromatic heterocycles. The molecule has 0 spiro atoms. The van der Waals surface area contributed by atoms with Gasteiger partial charge in [-0.3, -0.25) is 0 Å². The van der Waals surface area contributed by atoms with Gasteiger partial charge in [-0.15, -0.1) is 0 Å². The number of nitrogens with one attached hydrogen (secondary N) is 1. The van der Waals surface area contributed by atoms with Crippen LogP contribution in [0, 0.1) is 16.7 Å². The largest absolute Gasteiger partial charge is 0.240 e. The molecule has 1 rings (SSSR count). The molecular weight excluding hydrogens is 260 g/mol. The highest BCUT2D eigenvalue weighted by Gasteiger charge is 2.21. The van der Waals surface area contributed by atoms with E-state index in [9.17, 15) is 8.42 Å². The summed E-state index contributed by atoms with van der Waals surface area (Å²) in [7, 11) is -3.61. The number of hydrogen-bond acceptors (Lipinski definition) is 3. The number of sulfonamides is 1. The van der Waals surface area contributed by atoms with Gasteiger partial charge in [-0.05, 0) is 32.0 Å². The SMILES string of the molecule is CC(C)(C#N)CNS(=O)(=O)c1cccc(Cl)c1. The maximum Gasteiger partial charge on any atom is 0.240 e. The molecule has 0 aliphatic rings. The molecule has 0 bridgehead atoms. The van der Waals surface area contributed by atoms with Gasteiger partial charge in [-0.1, -0.05) is 17.7 Å². The van der Waals surface area contributed by atoms with Crippen LogP contribution in [0.3, 0.4) is 0 Å². The zero-order chi connectivity index (χ0) is 13.1. The molecule has 0 heterocycles. The van der Waals surface area contributed by atoms with Gasteiger partial charge in [0.05, 0.1) is 16.4 Å². The van der Waals surface area contributed by atoms with Crippen molar-refractivity contribution in [2.45, 2.75) is 18.7 Å². The normalized spacial score (nSPS) is 12.1. The van der Waals surface area contributed by atoms with E-state index in [2.05, 4.69) is 4.72 Å². The molecular formula is C11H13ClN2O2S. The number of nitrogens with zero attached hydrogens (tertiary/aromatic N) is 1. The monoisotopic (exact) mass is 272 g/mol. The second kappa shape index (κ2) is 5.05. The summed E-state index contributed by atoms with van der Waals surface area (Å²) < 4.78 is 26.1. The van der Waals surface area contributed by atoms with Crippen molar-refractivity contribution in [1.82, 2.24) is 4.72 Å². The van der Waals surface area contributed by atoms with Gasteiger partial charge in [0, 0.05) is 11.6 Å². The summed E-state index contributed by atoms with van der Waals surface area (Å²) in [6, 6.07) is 8.00. The average Bonchev–Trinajstić information content (AvgIpc) is 2.27. The first-order valence-electron chi connectivity index (χ1n) is 4.93. The van der Waals surface area contributed by atoms with E-state index in [1.54, 1.807) is 26.0 Å². The molecule has 0 amide bonds. The minimum atomic E-state index is -3.61. The second-order valence-electron chi connectivity index (χ2n) is 4.28. The van der Waals surface area contributed by atoms with Crippen LogP contribution < -0.4 is 4.72 Å². The molecule has 0 atom stereocenters. The zero-order valence-electron chi connectivity index (χ0n) is 9.57. The minimum Gasteiger partial charge on any atom is -0.210 e. The standard InChI is InChI=1S/C11H13ClN2O2S/c1-11(2,7-13)8-14-17(15,16)10-5-3-4-9(12)6-10/h3-6,14H,8H2,1-2H3. The first kappa shape index (κ1) is 14.0. The number of benzene rings is 1. The first-order chi connectivity index (χ1) is 7.77. The van der Waals surface area contributed by atoms with Crippen molar-refractivity contribution in [3.05, 3.63) is 29.3 Å². The van der Waals surface area contributed by atoms with Crippen molar-refractivity contribution in [1.29, 1.82) is 5.26 Å². The van der Waals surface area contributed by atoms with Gasteiger partial charge in [0.25, 0.3) is 0 Å². The Bertz CT molecular complexity index is 547. The predicted molar refractivity (Wildman–Crippen MR) is 66.0 cm³/mol. The quantitative estimate of drug-likeness (QED) is 0.913. The Kier molecular flexibility index (Phi) is 4.15. The van der Waals surface area contributed by atoms with E-state index in [4.69, 9.17) is 16.9 Å². The lowest BCUT2D eigenvalue weighted by molar-refractivity contribution is 0.479. The Balaban J connectivity index is 2.88. The molecule has 1 aromatic carbocycles. The van der Waals surface area contributed by atoms with E-state index < -0.39 is 15.4 Å². The summed E-state index contributed by atoms with van der Waals surface area (Å²) in [4.78, 5) is 0.0961. The van der Waals surface area contributed by atoms with Gasteiger partial charge in [-0.25, -0.2) is 13.1 Å². The maximum atomic E-state index is 11.9. The lowest BCUT2D eigenvalue weighted by Gasteiger charge is -2.15. The summed E-state index contributed by atoms with van der Waals surface area (Å²) in [6.07, 6.45) is 0. The van der Waals surface area contributed by atoms with Crippen molar-refractivity contribution < 1.29 is 8.42 Å². The third kappa shape index (κ3) is 4.00. The fraction of sp³-hybridized carbons (Fsp3) is 0.364. The molecule has 0 saturated heterocycles. The smallest absolute Gasteiger partial charge is 0.210 e. The summed E-state index contributed by atoms with van der Waals surface area (Å²) in [5.74, 6) is 0. The molecule has 0 aliphatic carbocycles. The molecule has 0 unspecified atom stereocenters. The van der Waals surface area contributed by atoms with Crippen LogP contribution >= 0.6 is 11.6 Å². The third-order valence-corrected chi connectivity index (χ3v) is 3.75. The average molecular weight is 273 g/mol. The molecule has 1 aromatic rings. The molecule has 1 N–H and O–H groups in total. The number of halogens is 1. The van der Waals surface area contributed by atoms with Crippen LogP contribution in [0.25, 0.3) is 0 Å². The van der Waals surface area contributed by atoms with E-state index in [1.165, 1.54) is 12.1 Å². The Morgan fingerprint density at radius 3 is 2.65 bits per heavy atom. The maximum absolute atomic E-state index is 11.9. The summed E-state index contributed by atoms with van der Waals surface area (Å²) >= 11 is 5.72. The molecule has 4 nitrogen and oxygen atoms in total. The van der Waals surface area contributed by atoms with E-state index in [-0.39, 0.29) is 11.4 Å². The highest BCUT2D eigenvalue weighted by Crippen LogP contribution is 2.17. The summed E-state index contributed by atoms with van der Waals surface area (Å²) in [6.45, 7) is 3.37. The predicted octanol–water partition coefficient (Wildman–Crippen LogP) is 2.17. The van der Waals surface area contributed by atoms with Crippen molar-refractivity contribution in [3.63, 3.8) is 0 Å². The van der Waals surface area contributed by atoms with Crippen molar-refractivity contribution in [2.24, 2.45) is 5.41 Å². The summed E-state index contributed by atoms with van der Waals surface area (Å²) in [5.41, 5.74) is -0.744. The Morgan fingerprint density at radius 2 is 2.12 bits per heavy atom. The van der Waals surface area contributed by atoms with Crippen LogP contribution in [0.4, 0.5) is 0 Å². The molecule has 6 heteroatoms. The van der Waals surface area contributed by atoms with Crippen LogP contribution in [0.1, 0.15) is 13.8 Å². The lowest BCUT2D eigenvalue weighted by Crippen LogP contribution is -2.33. The van der Waals surface area contributed by atoms with Gasteiger partial charge in [0.2, 0.25) is 10.0 Å². The number of nitriles is 1. The topological polar surface area (TPSA) is 70.0 Å². The summed E-state index contributed by atoms with van der Waals surface area (Å²) in [5, 5.41) is 9.15. The van der Waals surface area contributed by atoms with Crippen LogP contribution in [0.15, 0.2) is 29.2 Å². The molecule has 0 saturated carbocycles. The van der Waals surface area contributed by atoms with Gasteiger partial charge >= 0.3 is 0 Å². The van der Waals surface area contributed by atoms with Gasteiger partial charge in [0.15, 0.2) is 0 Å². The highest BCUT2D eigenvalue weighted by molar-refractivity contribution is 7.89. The van der Waals surface area contributed by atoms with Crippen molar-refractivity contribution in [3.8, 4) is 6.07 Å². The zero-order valence-corrected chi connectivity index (χ0v) is 11.1. The molecule has 17 heavy (non-hydrogen) atoms. The Labute approximate surface area is 106 Å². The van der Waals surface area contributed by atoms with Gasteiger partial charge < -0.3 is 0 Å².